The van der Waals surface area contributed by atoms with Gasteiger partial charge in [0.1, 0.15) is 24.0 Å². The van der Waals surface area contributed by atoms with Gasteiger partial charge in [0.15, 0.2) is 5.57 Å². The Morgan fingerprint density at radius 2 is 1.82 bits per heavy atom. The number of hydrogen-bond acceptors (Lipinski definition) is 7. The summed E-state index contributed by atoms with van der Waals surface area (Å²) in [6.45, 7) is 2.28. The zero-order valence-corrected chi connectivity index (χ0v) is 20.6. The molecule has 3 aliphatic heterocycles. The van der Waals surface area contributed by atoms with Crippen LogP contribution in [0.15, 0.2) is 34.4 Å². The maximum atomic E-state index is 14.5. The number of rotatable bonds is 3. The van der Waals surface area contributed by atoms with Crippen LogP contribution in [0, 0.1) is 5.82 Å². The number of carbonyl (C=O) groups is 4. The number of benzene rings is 1. The van der Waals surface area contributed by atoms with Crippen molar-refractivity contribution >= 4 is 29.4 Å². The quantitative estimate of drug-likeness (QED) is 0.384. The summed E-state index contributed by atoms with van der Waals surface area (Å²) in [5.41, 5.74) is -0.955. The monoisotopic (exact) mass is 582 g/mol. The number of piperazine rings is 1. The first-order valence-electron chi connectivity index (χ1n) is 11.5. The van der Waals surface area contributed by atoms with Crippen LogP contribution in [0.2, 0.25) is 0 Å². The average molecular weight is 582 g/mol. The first-order valence-corrected chi connectivity index (χ1v) is 11.5. The smallest absolute Gasteiger partial charge is 0.430 e. The molecule has 10 nitrogen and oxygen atoms in total. The van der Waals surface area contributed by atoms with E-state index in [-0.39, 0.29) is 54.9 Å². The van der Waals surface area contributed by atoms with Gasteiger partial charge in [-0.15, -0.1) is 0 Å². The molecule has 0 radical (unpaired) electrons. The molecule has 3 heterocycles. The SMILES string of the molecule is CC1=C(C(F)(F)F)C(=O)[NH2+]N=C1Cc1ccc(F)c(C(=O)N2CC(=O)N3CCOCC3C2)c1.O=C([O-])C(F)(F)F. The molecule has 1 atom stereocenters. The number of halogens is 7. The fourth-order valence-corrected chi connectivity index (χ4v) is 4.23. The number of nitrogens with two attached hydrogens (primary N) is 1. The van der Waals surface area contributed by atoms with Gasteiger partial charge in [-0.2, -0.15) is 31.8 Å². The number of amides is 3. The minimum atomic E-state index is -5.19. The van der Waals surface area contributed by atoms with Crippen molar-refractivity contribution in [2.45, 2.75) is 31.7 Å². The van der Waals surface area contributed by atoms with Crippen LogP contribution < -0.4 is 10.5 Å². The van der Waals surface area contributed by atoms with Crippen molar-refractivity contribution in [1.82, 2.24) is 9.80 Å². The number of carbonyl (C=O) groups excluding carboxylic acids is 4. The fraction of sp³-hybridized carbons (Fsp3) is 0.435. The van der Waals surface area contributed by atoms with Crippen LogP contribution >= 0.6 is 0 Å². The highest BCUT2D eigenvalue weighted by Crippen LogP contribution is 2.30. The molecule has 1 unspecified atom stereocenters. The Labute approximate surface area is 221 Å². The molecule has 1 aromatic rings. The number of quaternary nitrogens is 1. The van der Waals surface area contributed by atoms with E-state index in [4.69, 9.17) is 14.6 Å². The summed E-state index contributed by atoms with van der Waals surface area (Å²) in [5, 5.41) is 12.6. The second-order valence-corrected chi connectivity index (χ2v) is 8.84. The summed E-state index contributed by atoms with van der Waals surface area (Å²) in [6, 6.07) is 3.31. The Morgan fingerprint density at radius 3 is 2.42 bits per heavy atom. The van der Waals surface area contributed by atoms with Gasteiger partial charge in [-0.05, 0) is 30.2 Å². The van der Waals surface area contributed by atoms with Gasteiger partial charge < -0.3 is 24.4 Å². The predicted molar refractivity (Wildman–Crippen MR) is 117 cm³/mol. The van der Waals surface area contributed by atoms with E-state index in [2.05, 4.69) is 5.10 Å². The fourth-order valence-electron chi connectivity index (χ4n) is 4.23. The number of nitrogens with zero attached hydrogens (tertiary/aromatic N) is 3. The van der Waals surface area contributed by atoms with Crippen LogP contribution in [0.4, 0.5) is 30.7 Å². The van der Waals surface area contributed by atoms with Crippen molar-refractivity contribution < 1.29 is 65.2 Å². The molecular formula is C23H21F7N4O6. The van der Waals surface area contributed by atoms with Gasteiger partial charge in [-0.25, -0.2) is 9.18 Å². The molecule has 2 N–H and O–H groups in total. The Kier molecular flexibility index (Phi) is 8.98. The van der Waals surface area contributed by atoms with Gasteiger partial charge in [-0.3, -0.25) is 9.59 Å². The number of carboxylic acid groups (broad SMARTS) is 1. The van der Waals surface area contributed by atoms with E-state index in [1.54, 1.807) is 4.90 Å². The lowest BCUT2D eigenvalue weighted by molar-refractivity contribution is -0.573. The van der Waals surface area contributed by atoms with Crippen LogP contribution in [0.1, 0.15) is 22.8 Å². The first-order chi connectivity index (χ1) is 18.5. The number of morpholine rings is 1. The number of primary amides is 1. The molecule has 4 rings (SSSR count). The summed E-state index contributed by atoms with van der Waals surface area (Å²) >= 11 is 0. The van der Waals surface area contributed by atoms with Gasteiger partial charge in [0.2, 0.25) is 5.91 Å². The molecule has 17 heteroatoms. The van der Waals surface area contributed by atoms with E-state index in [0.717, 1.165) is 13.0 Å². The largest absolute Gasteiger partial charge is 0.542 e. The van der Waals surface area contributed by atoms with Crippen molar-refractivity contribution in [2.24, 2.45) is 5.10 Å². The Hall–Kier alpha value is -3.86. The maximum absolute atomic E-state index is 14.5. The van der Waals surface area contributed by atoms with Gasteiger partial charge in [0, 0.05) is 19.5 Å². The number of carboxylic acids is 1. The van der Waals surface area contributed by atoms with E-state index in [1.165, 1.54) is 17.0 Å². The van der Waals surface area contributed by atoms with Crippen molar-refractivity contribution in [2.75, 3.05) is 32.8 Å². The Bertz CT molecular complexity index is 1280. The van der Waals surface area contributed by atoms with Crippen molar-refractivity contribution in [3.8, 4) is 0 Å². The molecule has 0 bridgehead atoms. The van der Waals surface area contributed by atoms with Crippen LogP contribution in [-0.2, 0) is 25.5 Å². The van der Waals surface area contributed by atoms with E-state index in [1.807, 2.05) is 0 Å². The molecule has 0 spiro atoms. The van der Waals surface area contributed by atoms with Gasteiger partial charge in [-0.1, -0.05) is 11.2 Å². The third kappa shape index (κ3) is 7.01. The van der Waals surface area contributed by atoms with E-state index in [0.29, 0.717) is 24.1 Å². The number of allylic oxidation sites excluding steroid dienone is 1. The third-order valence-corrected chi connectivity index (χ3v) is 6.13. The van der Waals surface area contributed by atoms with Gasteiger partial charge in [0.05, 0.1) is 24.8 Å². The van der Waals surface area contributed by atoms with Crippen molar-refractivity contribution in [3.63, 3.8) is 0 Å². The molecule has 1 aromatic carbocycles. The van der Waals surface area contributed by atoms with Crippen LogP contribution in [0.25, 0.3) is 0 Å². The molecule has 0 saturated carbocycles. The summed E-state index contributed by atoms with van der Waals surface area (Å²) in [4.78, 5) is 48.8. The third-order valence-electron chi connectivity index (χ3n) is 6.13. The minimum Gasteiger partial charge on any atom is -0.542 e. The second kappa shape index (κ2) is 11.7. The minimum absolute atomic E-state index is 0.00456. The van der Waals surface area contributed by atoms with Crippen molar-refractivity contribution in [3.05, 3.63) is 46.3 Å². The molecule has 2 fully saturated rings. The number of hydrogen-bond donors (Lipinski definition) is 1. The zero-order valence-electron chi connectivity index (χ0n) is 20.6. The van der Waals surface area contributed by atoms with E-state index < -0.39 is 41.5 Å². The topological polar surface area (TPSA) is 136 Å². The summed E-state index contributed by atoms with van der Waals surface area (Å²) in [5.74, 6) is -5.99. The molecule has 40 heavy (non-hydrogen) atoms. The molecule has 0 aliphatic carbocycles. The molecule has 0 aromatic heterocycles. The number of aliphatic carboxylic acids is 1. The van der Waals surface area contributed by atoms with E-state index in [9.17, 15) is 45.1 Å². The molecule has 2 saturated heterocycles. The second-order valence-electron chi connectivity index (χ2n) is 8.84. The summed E-state index contributed by atoms with van der Waals surface area (Å²) in [6.07, 6.45) is -10.2. The highest BCUT2D eigenvalue weighted by Gasteiger charge is 2.45. The molecule has 218 valence electrons. The highest BCUT2D eigenvalue weighted by molar-refractivity contribution is 6.08. The summed E-state index contributed by atoms with van der Waals surface area (Å²) in [7, 11) is 0. The molecule has 3 aliphatic rings. The normalized spacial score (nSPS) is 20.0. The first kappa shape index (κ1) is 30.7. The lowest BCUT2D eigenvalue weighted by Crippen LogP contribution is -2.85. The van der Waals surface area contributed by atoms with Gasteiger partial charge in [0.25, 0.3) is 5.91 Å². The predicted octanol–water partition coefficient (Wildman–Crippen LogP) is -0.312. The average Bonchev–Trinajstić information content (AvgIpc) is 2.85. The lowest BCUT2D eigenvalue weighted by atomic mass is 9.96. The molecule has 3 amide bonds. The highest BCUT2D eigenvalue weighted by atomic mass is 19.4. The van der Waals surface area contributed by atoms with Crippen LogP contribution in [0.3, 0.4) is 0 Å². The summed E-state index contributed by atoms with van der Waals surface area (Å²) < 4.78 is 91.2. The number of ether oxygens (including phenoxy) is 1. The number of fused-ring (bicyclic) bond motifs is 1. The van der Waals surface area contributed by atoms with E-state index >= 15 is 0 Å². The van der Waals surface area contributed by atoms with Gasteiger partial charge >= 0.3 is 18.3 Å². The Morgan fingerprint density at radius 1 is 1.18 bits per heavy atom. The zero-order chi connectivity index (χ0) is 30.0. The lowest BCUT2D eigenvalue weighted by Gasteiger charge is -2.43. The Balaban J connectivity index is 0.000000559. The standard InChI is InChI=1S/C21H20F4N4O4.C2HF3O2/c1-11-16(26-27-19(31)18(11)21(23,24)25)7-12-2-3-15(22)14(6-12)20(32)28-8-13-10-33-5-4-29(13)17(30)9-28;3-2(4,5)1(6)7/h2-3,6,13H,4-5,7-10H2,1H3,(H,27,31);(H,6,7). The van der Waals surface area contributed by atoms with Crippen LogP contribution in [0.5, 0.6) is 0 Å². The van der Waals surface area contributed by atoms with Crippen LogP contribution in [-0.4, -0.2) is 90.4 Å². The maximum Gasteiger partial charge on any atom is 0.430 e. The molecular weight excluding hydrogens is 561 g/mol. The number of alkyl halides is 6. The van der Waals surface area contributed by atoms with Crippen molar-refractivity contribution in [1.29, 1.82) is 0 Å².